The third-order valence-corrected chi connectivity index (χ3v) is 5.02. The summed E-state index contributed by atoms with van der Waals surface area (Å²) in [5.74, 6) is 0. The molecule has 0 radical (unpaired) electrons. The van der Waals surface area contributed by atoms with Crippen LogP contribution in [-0.2, 0) is 9.84 Å². The first-order chi connectivity index (χ1) is 6.58. The molecule has 1 saturated heterocycles. The van der Waals surface area contributed by atoms with Gasteiger partial charge in [-0.25, -0.2) is 13.4 Å². The van der Waals surface area contributed by atoms with E-state index in [4.69, 9.17) is 0 Å². The molecule has 0 spiro atoms. The maximum atomic E-state index is 11.3. The Balaban J connectivity index is 2.07. The molecule has 2 aliphatic rings. The molecule has 2 rings (SSSR count). The molecule has 0 amide bonds. The van der Waals surface area contributed by atoms with Crippen molar-refractivity contribution in [2.75, 3.05) is 19.6 Å². The fourth-order valence-corrected chi connectivity index (χ4v) is 3.01. The Morgan fingerprint density at radius 2 is 2.07 bits per heavy atom. The predicted molar refractivity (Wildman–Crippen MR) is 59.0 cm³/mol. The van der Waals surface area contributed by atoms with Gasteiger partial charge in [-0.3, -0.25) is 4.90 Å². The first-order valence-corrected chi connectivity index (χ1v) is 6.84. The van der Waals surface area contributed by atoms with Crippen molar-refractivity contribution in [2.45, 2.75) is 12.8 Å². The van der Waals surface area contributed by atoms with Gasteiger partial charge in [-0.15, -0.1) is 0 Å². The number of sulfone groups is 1. The molecule has 0 atom stereocenters. The molecule has 0 aromatic rings. The third-order valence-electron chi connectivity index (χ3n) is 2.34. The minimum absolute atomic E-state index is 0.0409. The lowest BCUT2D eigenvalue weighted by molar-refractivity contribution is 0.368. The highest BCUT2D eigenvalue weighted by atomic mass is 79.9. The lowest BCUT2D eigenvalue weighted by atomic mass is 10.4. The maximum absolute atomic E-state index is 11.3. The number of likely N-dealkylation sites (tertiary alicyclic amines) is 1. The first-order valence-electron chi connectivity index (χ1n) is 4.50. The van der Waals surface area contributed by atoms with Gasteiger partial charge in [0.25, 0.3) is 0 Å². The Kier molecular flexibility index (Phi) is 2.77. The quantitative estimate of drug-likeness (QED) is 0.760. The second-order valence-electron chi connectivity index (χ2n) is 3.50. The zero-order chi connectivity index (χ0) is 10.2. The largest absolute Gasteiger partial charge is 0.297 e. The normalized spacial score (nSPS) is 26.4. The van der Waals surface area contributed by atoms with Gasteiger partial charge < -0.3 is 0 Å². The Labute approximate surface area is 91.7 Å². The summed E-state index contributed by atoms with van der Waals surface area (Å²) >= 11 is 2.94. The van der Waals surface area contributed by atoms with Crippen molar-refractivity contribution in [3.8, 4) is 0 Å². The van der Waals surface area contributed by atoms with Crippen molar-refractivity contribution in [3.05, 3.63) is 11.1 Å². The summed E-state index contributed by atoms with van der Waals surface area (Å²) in [6.07, 6.45) is 2.40. The standard InChI is InChI=1S/C8H11BrN2O2S/c9-8-10-7(6-14(8,12)13)5-11-3-1-2-4-11/h6H,1-5H2. The molecule has 0 aliphatic carbocycles. The Hall–Kier alpha value is -0.200. The van der Waals surface area contributed by atoms with Gasteiger partial charge in [0.15, 0.2) is 0 Å². The van der Waals surface area contributed by atoms with Crippen molar-refractivity contribution in [3.63, 3.8) is 0 Å². The van der Waals surface area contributed by atoms with Crippen LogP contribution in [0.4, 0.5) is 0 Å². The molecule has 78 valence electrons. The highest BCUT2D eigenvalue weighted by Crippen LogP contribution is 2.20. The van der Waals surface area contributed by atoms with Crippen molar-refractivity contribution in [1.82, 2.24) is 4.90 Å². The lowest BCUT2D eigenvalue weighted by Crippen LogP contribution is -2.21. The van der Waals surface area contributed by atoms with Crippen LogP contribution in [0.1, 0.15) is 12.8 Å². The second-order valence-corrected chi connectivity index (χ2v) is 6.49. The van der Waals surface area contributed by atoms with E-state index in [9.17, 15) is 8.42 Å². The van der Waals surface area contributed by atoms with Crippen LogP contribution in [0.2, 0.25) is 0 Å². The Morgan fingerprint density at radius 1 is 1.43 bits per heavy atom. The van der Waals surface area contributed by atoms with E-state index in [1.165, 1.54) is 18.2 Å². The maximum Gasteiger partial charge on any atom is 0.225 e. The van der Waals surface area contributed by atoms with E-state index in [1.807, 2.05) is 0 Å². The molecule has 4 nitrogen and oxygen atoms in total. The van der Waals surface area contributed by atoms with Gasteiger partial charge in [-0.1, -0.05) is 0 Å². The number of hydrogen-bond acceptors (Lipinski definition) is 4. The van der Waals surface area contributed by atoms with Crippen LogP contribution in [0, 0.1) is 0 Å². The summed E-state index contributed by atoms with van der Waals surface area (Å²) in [6, 6.07) is 0. The van der Waals surface area contributed by atoms with E-state index in [1.54, 1.807) is 0 Å². The molecule has 0 bridgehead atoms. The van der Waals surface area contributed by atoms with Crippen LogP contribution in [0.5, 0.6) is 0 Å². The molecule has 2 aliphatic heterocycles. The van der Waals surface area contributed by atoms with E-state index < -0.39 is 9.84 Å². The topological polar surface area (TPSA) is 49.7 Å². The van der Waals surface area contributed by atoms with Gasteiger partial charge in [-0.2, -0.15) is 0 Å². The zero-order valence-electron chi connectivity index (χ0n) is 7.61. The summed E-state index contributed by atoms with van der Waals surface area (Å²) < 4.78 is 22.6. The van der Waals surface area contributed by atoms with Crippen molar-refractivity contribution in [2.24, 2.45) is 4.99 Å². The average Bonchev–Trinajstić information content (AvgIpc) is 2.62. The molecular weight excluding hydrogens is 268 g/mol. The number of halogens is 1. The van der Waals surface area contributed by atoms with Gasteiger partial charge in [-0.05, 0) is 41.9 Å². The van der Waals surface area contributed by atoms with Crippen molar-refractivity contribution >= 4 is 29.7 Å². The van der Waals surface area contributed by atoms with Crippen LogP contribution in [0.15, 0.2) is 16.1 Å². The number of aliphatic imine (C=N–C) groups is 1. The smallest absolute Gasteiger partial charge is 0.225 e. The van der Waals surface area contributed by atoms with Crippen molar-refractivity contribution in [1.29, 1.82) is 0 Å². The fraction of sp³-hybridized carbons (Fsp3) is 0.625. The molecule has 0 N–H and O–H groups in total. The van der Waals surface area contributed by atoms with Crippen LogP contribution in [0.25, 0.3) is 0 Å². The van der Waals surface area contributed by atoms with Crippen LogP contribution in [-0.4, -0.2) is 36.9 Å². The summed E-state index contributed by atoms with van der Waals surface area (Å²) in [7, 11) is -3.24. The van der Waals surface area contributed by atoms with Crippen LogP contribution in [0.3, 0.4) is 0 Å². The average molecular weight is 279 g/mol. The minimum Gasteiger partial charge on any atom is -0.297 e. The molecule has 0 unspecified atom stereocenters. The summed E-state index contributed by atoms with van der Waals surface area (Å²) in [4.78, 5) is 6.19. The molecule has 0 aromatic heterocycles. The van der Waals surface area contributed by atoms with Gasteiger partial charge in [0.2, 0.25) is 13.8 Å². The molecule has 0 aromatic carbocycles. The van der Waals surface area contributed by atoms with Gasteiger partial charge in [0.1, 0.15) is 0 Å². The number of nitrogens with zero attached hydrogens (tertiary/aromatic N) is 2. The van der Waals surface area contributed by atoms with E-state index in [0.717, 1.165) is 13.1 Å². The van der Waals surface area contributed by atoms with Gasteiger partial charge >= 0.3 is 0 Å². The molecule has 1 fully saturated rings. The van der Waals surface area contributed by atoms with E-state index in [0.29, 0.717) is 12.2 Å². The fourth-order valence-electron chi connectivity index (χ4n) is 1.67. The lowest BCUT2D eigenvalue weighted by Gasteiger charge is -2.12. The van der Waals surface area contributed by atoms with Crippen molar-refractivity contribution < 1.29 is 8.42 Å². The molecule has 2 heterocycles. The van der Waals surface area contributed by atoms with E-state index in [-0.39, 0.29) is 3.95 Å². The van der Waals surface area contributed by atoms with Crippen LogP contribution >= 0.6 is 15.9 Å². The highest BCUT2D eigenvalue weighted by molar-refractivity contribution is 9.21. The van der Waals surface area contributed by atoms with E-state index >= 15 is 0 Å². The molecule has 14 heavy (non-hydrogen) atoms. The number of hydrogen-bond donors (Lipinski definition) is 0. The third kappa shape index (κ3) is 2.07. The molecule has 6 heteroatoms. The second kappa shape index (κ2) is 3.75. The summed E-state index contributed by atoms with van der Waals surface area (Å²) in [6.45, 7) is 2.74. The SMILES string of the molecule is O=S1(=O)C=C(CN2CCCC2)N=C1Br. The predicted octanol–water partition coefficient (Wildman–Crippen LogP) is 1.10. The monoisotopic (exact) mass is 278 g/mol. The first kappa shape index (κ1) is 10.3. The number of rotatable bonds is 2. The Bertz CT molecular complexity index is 394. The van der Waals surface area contributed by atoms with Gasteiger partial charge in [0.05, 0.1) is 11.1 Å². The van der Waals surface area contributed by atoms with E-state index in [2.05, 4.69) is 25.8 Å². The summed E-state index contributed by atoms with van der Waals surface area (Å²) in [5, 5.41) is 1.25. The minimum atomic E-state index is -3.24. The zero-order valence-corrected chi connectivity index (χ0v) is 10.0. The van der Waals surface area contributed by atoms with Crippen LogP contribution < -0.4 is 0 Å². The molecule has 0 saturated carbocycles. The van der Waals surface area contributed by atoms with Gasteiger partial charge in [0, 0.05) is 6.54 Å². The summed E-state index contributed by atoms with van der Waals surface area (Å²) in [5.41, 5.74) is 0.638. The highest BCUT2D eigenvalue weighted by Gasteiger charge is 2.24. The molecular formula is C8H11BrN2O2S. The Morgan fingerprint density at radius 3 is 2.57 bits per heavy atom.